The van der Waals surface area contributed by atoms with Crippen molar-refractivity contribution in [3.63, 3.8) is 0 Å². The van der Waals surface area contributed by atoms with E-state index < -0.39 is 0 Å². The molecule has 26 heavy (non-hydrogen) atoms. The first-order valence-electron chi connectivity index (χ1n) is 8.28. The Morgan fingerprint density at radius 3 is 2.58 bits per heavy atom. The van der Waals surface area contributed by atoms with Crippen LogP contribution in [-0.4, -0.2) is 38.0 Å². The lowest BCUT2D eigenvalue weighted by atomic mass is 10.1. The minimum Gasteiger partial charge on any atom is -0.459 e. The predicted molar refractivity (Wildman–Crippen MR) is 116 cm³/mol. The fourth-order valence-electron chi connectivity index (χ4n) is 2.18. The van der Waals surface area contributed by atoms with E-state index >= 15 is 0 Å². The quantitative estimate of drug-likeness (QED) is 0.230. The summed E-state index contributed by atoms with van der Waals surface area (Å²) in [6.45, 7) is 4.41. The number of rotatable bonds is 8. The van der Waals surface area contributed by atoms with Gasteiger partial charge in [0.2, 0.25) is 0 Å². The molecule has 0 aliphatic heterocycles. The molecule has 1 aromatic carbocycles. The topological polar surface area (TPSA) is 78.7 Å². The van der Waals surface area contributed by atoms with Crippen molar-refractivity contribution in [2.24, 2.45) is 4.99 Å². The van der Waals surface area contributed by atoms with E-state index in [-0.39, 0.29) is 29.9 Å². The highest BCUT2D eigenvalue weighted by Gasteiger charge is 2.06. The summed E-state index contributed by atoms with van der Waals surface area (Å²) in [7, 11) is 0. The molecule has 0 fully saturated rings. The summed E-state index contributed by atoms with van der Waals surface area (Å²) in [5.41, 5.74) is 1.08. The van der Waals surface area contributed by atoms with Crippen LogP contribution in [0.4, 0.5) is 0 Å². The minimum atomic E-state index is -0.229. The smallest absolute Gasteiger partial charge is 0.287 e. The van der Waals surface area contributed by atoms with E-state index in [1.54, 1.807) is 12.1 Å². The molecule has 0 radical (unpaired) electrons. The average Bonchev–Trinajstić information content (AvgIpc) is 3.15. The van der Waals surface area contributed by atoms with Gasteiger partial charge in [0.05, 0.1) is 6.26 Å². The molecule has 2 rings (SSSR count). The van der Waals surface area contributed by atoms with Crippen LogP contribution in [0.15, 0.2) is 52.1 Å². The molecule has 0 unspecified atom stereocenters. The largest absolute Gasteiger partial charge is 0.459 e. The summed E-state index contributed by atoms with van der Waals surface area (Å²) in [4.78, 5) is 16.3. The van der Waals surface area contributed by atoms with Crippen molar-refractivity contribution >= 4 is 47.4 Å². The standard InChI is InChI=1S/C18H23ClN4O2.HI/c1-2-20-18(22-10-9-14-6-3-4-7-15(14)19)23-12-11-21-17(24)16-8-5-13-25-16;/h3-8,13H,2,9-12H2,1H3,(H,21,24)(H2,20,22,23);1H. The van der Waals surface area contributed by atoms with Crippen LogP contribution >= 0.6 is 35.6 Å². The van der Waals surface area contributed by atoms with Crippen molar-refractivity contribution in [3.8, 4) is 0 Å². The molecule has 0 spiro atoms. The van der Waals surface area contributed by atoms with Gasteiger partial charge in [-0.05, 0) is 37.1 Å². The second-order valence-corrected chi connectivity index (χ2v) is 5.67. The van der Waals surface area contributed by atoms with Gasteiger partial charge in [-0.3, -0.25) is 9.79 Å². The molecule has 6 nitrogen and oxygen atoms in total. The van der Waals surface area contributed by atoms with Gasteiger partial charge in [0, 0.05) is 31.2 Å². The van der Waals surface area contributed by atoms with Crippen molar-refractivity contribution in [2.45, 2.75) is 13.3 Å². The third-order valence-corrected chi connectivity index (χ3v) is 3.77. The Balaban J connectivity index is 0.00000338. The Morgan fingerprint density at radius 1 is 1.12 bits per heavy atom. The maximum Gasteiger partial charge on any atom is 0.287 e. The van der Waals surface area contributed by atoms with Crippen LogP contribution in [0.1, 0.15) is 23.0 Å². The molecule has 0 saturated carbocycles. The van der Waals surface area contributed by atoms with Crippen LogP contribution in [0, 0.1) is 0 Å². The number of hydrogen-bond acceptors (Lipinski definition) is 3. The second-order valence-electron chi connectivity index (χ2n) is 5.26. The molecule has 3 N–H and O–H groups in total. The Hall–Kier alpha value is -1.74. The molecular formula is C18H24ClIN4O2. The molecule has 1 heterocycles. The lowest BCUT2D eigenvalue weighted by molar-refractivity contribution is 0.0926. The number of guanidine groups is 1. The van der Waals surface area contributed by atoms with Crippen LogP contribution in [-0.2, 0) is 6.42 Å². The Bertz CT molecular complexity index is 692. The number of hydrogen-bond donors (Lipinski definition) is 3. The van der Waals surface area contributed by atoms with Gasteiger partial charge in [0.1, 0.15) is 0 Å². The van der Waals surface area contributed by atoms with Crippen LogP contribution in [0.3, 0.4) is 0 Å². The molecule has 0 aliphatic carbocycles. The third-order valence-electron chi connectivity index (χ3n) is 3.40. The average molecular weight is 491 g/mol. The number of amides is 1. The summed E-state index contributed by atoms with van der Waals surface area (Å²) < 4.78 is 5.04. The van der Waals surface area contributed by atoms with Crippen LogP contribution in [0.2, 0.25) is 5.02 Å². The van der Waals surface area contributed by atoms with Gasteiger partial charge >= 0.3 is 0 Å². The van der Waals surface area contributed by atoms with Gasteiger partial charge < -0.3 is 20.4 Å². The van der Waals surface area contributed by atoms with E-state index in [9.17, 15) is 4.79 Å². The molecular weight excluding hydrogens is 467 g/mol. The third kappa shape index (κ3) is 7.65. The molecule has 0 aliphatic rings. The molecule has 1 amide bonds. The Morgan fingerprint density at radius 2 is 1.88 bits per heavy atom. The van der Waals surface area contributed by atoms with Crippen molar-refractivity contribution in [3.05, 3.63) is 59.0 Å². The van der Waals surface area contributed by atoms with Gasteiger partial charge in [-0.25, -0.2) is 0 Å². The monoisotopic (exact) mass is 490 g/mol. The number of halogens is 2. The van der Waals surface area contributed by atoms with E-state index in [1.807, 2.05) is 31.2 Å². The first-order chi connectivity index (χ1) is 12.2. The molecule has 2 aromatic rings. The van der Waals surface area contributed by atoms with Crippen molar-refractivity contribution < 1.29 is 9.21 Å². The fraction of sp³-hybridized carbons (Fsp3) is 0.333. The second kappa shape index (κ2) is 12.6. The summed E-state index contributed by atoms with van der Waals surface area (Å²) in [5.74, 6) is 0.787. The highest BCUT2D eigenvalue weighted by atomic mass is 127. The summed E-state index contributed by atoms with van der Waals surface area (Å²) >= 11 is 6.15. The lowest BCUT2D eigenvalue weighted by Gasteiger charge is -2.11. The van der Waals surface area contributed by atoms with Gasteiger partial charge in [0.15, 0.2) is 11.7 Å². The normalized spacial score (nSPS) is 10.8. The number of carbonyl (C=O) groups is 1. The van der Waals surface area contributed by atoms with E-state index in [0.29, 0.717) is 31.4 Å². The predicted octanol–water partition coefficient (Wildman–Crippen LogP) is 3.08. The Kier molecular flexibility index (Phi) is 10.8. The summed E-state index contributed by atoms with van der Waals surface area (Å²) in [5, 5.41) is 9.89. The van der Waals surface area contributed by atoms with Crippen molar-refractivity contribution in [1.82, 2.24) is 16.0 Å². The fourth-order valence-corrected chi connectivity index (χ4v) is 2.41. The minimum absolute atomic E-state index is 0. The van der Waals surface area contributed by atoms with Gasteiger partial charge in [0.25, 0.3) is 5.91 Å². The molecule has 8 heteroatoms. The highest BCUT2D eigenvalue weighted by molar-refractivity contribution is 14.0. The molecule has 1 aromatic heterocycles. The van der Waals surface area contributed by atoms with Crippen LogP contribution < -0.4 is 16.0 Å². The lowest BCUT2D eigenvalue weighted by Crippen LogP contribution is -2.41. The highest BCUT2D eigenvalue weighted by Crippen LogP contribution is 2.15. The van der Waals surface area contributed by atoms with Gasteiger partial charge in [-0.2, -0.15) is 0 Å². The van der Waals surface area contributed by atoms with Gasteiger partial charge in [-0.15, -0.1) is 24.0 Å². The molecule has 142 valence electrons. The zero-order valence-corrected chi connectivity index (χ0v) is 17.7. The first kappa shape index (κ1) is 22.3. The van der Waals surface area contributed by atoms with Crippen molar-refractivity contribution in [2.75, 3.05) is 26.2 Å². The first-order valence-corrected chi connectivity index (χ1v) is 8.65. The SMILES string of the molecule is CCNC(=NCCc1ccccc1Cl)NCCNC(=O)c1ccco1.I. The molecule has 0 saturated heterocycles. The summed E-state index contributed by atoms with van der Waals surface area (Å²) in [6, 6.07) is 11.1. The number of nitrogens with one attached hydrogen (secondary N) is 3. The molecule has 0 bridgehead atoms. The zero-order chi connectivity index (χ0) is 17.9. The zero-order valence-electron chi connectivity index (χ0n) is 14.6. The Labute approximate surface area is 175 Å². The maximum absolute atomic E-state index is 11.7. The van der Waals surface area contributed by atoms with Crippen LogP contribution in [0.5, 0.6) is 0 Å². The van der Waals surface area contributed by atoms with Crippen molar-refractivity contribution in [1.29, 1.82) is 0 Å². The van der Waals surface area contributed by atoms with Gasteiger partial charge in [-0.1, -0.05) is 29.8 Å². The van der Waals surface area contributed by atoms with E-state index in [1.165, 1.54) is 6.26 Å². The van der Waals surface area contributed by atoms with Crippen LogP contribution in [0.25, 0.3) is 0 Å². The maximum atomic E-state index is 11.7. The number of benzene rings is 1. The number of aliphatic imine (C=N–C) groups is 1. The number of carbonyl (C=O) groups excluding carboxylic acids is 1. The molecule has 0 atom stereocenters. The van der Waals surface area contributed by atoms with E-state index in [4.69, 9.17) is 16.0 Å². The number of nitrogens with zero attached hydrogens (tertiary/aromatic N) is 1. The summed E-state index contributed by atoms with van der Waals surface area (Å²) in [6.07, 6.45) is 2.24. The number of furan rings is 1. The van der Waals surface area contributed by atoms with E-state index in [2.05, 4.69) is 20.9 Å². The van der Waals surface area contributed by atoms with E-state index in [0.717, 1.165) is 23.6 Å².